The lowest BCUT2D eigenvalue weighted by Gasteiger charge is -2.09. The van der Waals surface area contributed by atoms with Crippen molar-refractivity contribution in [1.82, 2.24) is 13.7 Å². The van der Waals surface area contributed by atoms with Crippen molar-refractivity contribution in [3.63, 3.8) is 0 Å². The van der Waals surface area contributed by atoms with Gasteiger partial charge >= 0.3 is 0 Å². The molecule has 0 aliphatic heterocycles. The first-order chi connectivity index (χ1) is 20.3. The van der Waals surface area contributed by atoms with Gasteiger partial charge in [0.15, 0.2) is 22.3 Å². The molecule has 0 unspecified atom stereocenters. The number of aromatic nitrogens is 3. The average Bonchev–Trinajstić information content (AvgIpc) is 3.83. The quantitative estimate of drug-likeness (QED) is 0.227. The SMILES string of the molecule is c1ccc(-n2c3ccc(-n4c5ccoc5c5occc54)cc3c3cc(-n4c5ccoc5c5occc54)ccc32)cc1. The number of hydrogen-bond donors (Lipinski definition) is 0. The van der Waals surface area contributed by atoms with Crippen LogP contribution in [0.25, 0.3) is 83.3 Å². The molecule has 0 radical (unpaired) electrons. The highest BCUT2D eigenvalue weighted by Crippen LogP contribution is 2.39. The van der Waals surface area contributed by atoms with Gasteiger partial charge in [-0.15, -0.1) is 0 Å². The number of fused-ring (bicyclic) bond motifs is 9. The number of nitrogens with zero attached hydrogens (tertiary/aromatic N) is 3. The number of furan rings is 4. The Balaban J connectivity index is 1.31. The van der Waals surface area contributed by atoms with E-state index in [-0.39, 0.29) is 0 Å². The molecule has 7 heteroatoms. The van der Waals surface area contributed by atoms with Crippen LogP contribution in [-0.4, -0.2) is 13.7 Å². The topological polar surface area (TPSA) is 67.3 Å². The lowest BCUT2D eigenvalue weighted by atomic mass is 10.1. The monoisotopic (exact) mass is 533 g/mol. The van der Waals surface area contributed by atoms with Gasteiger partial charge in [-0.05, 0) is 48.5 Å². The van der Waals surface area contributed by atoms with E-state index in [1.807, 2.05) is 30.3 Å². The molecule has 7 heterocycles. The number of para-hydroxylation sites is 1. The predicted octanol–water partition coefficient (Wildman–Crippen LogP) is 9.35. The summed E-state index contributed by atoms with van der Waals surface area (Å²) in [5, 5.41) is 2.29. The molecule has 0 spiro atoms. The third-order valence-electron chi connectivity index (χ3n) is 8.22. The molecule has 0 saturated carbocycles. The van der Waals surface area contributed by atoms with E-state index in [0.717, 1.165) is 83.3 Å². The first-order valence-electron chi connectivity index (χ1n) is 13.4. The first-order valence-corrected chi connectivity index (χ1v) is 13.4. The normalized spacial score (nSPS) is 12.4. The maximum Gasteiger partial charge on any atom is 0.195 e. The summed E-state index contributed by atoms with van der Waals surface area (Å²) < 4.78 is 29.9. The van der Waals surface area contributed by atoms with Gasteiger partial charge in [-0.2, -0.15) is 0 Å². The van der Waals surface area contributed by atoms with Crippen molar-refractivity contribution >= 4 is 66.2 Å². The van der Waals surface area contributed by atoms with Crippen molar-refractivity contribution in [3.8, 4) is 17.1 Å². The summed E-state index contributed by atoms with van der Waals surface area (Å²) in [6.07, 6.45) is 6.83. The van der Waals surface area contributed by atoms with Gasteiger partial charge < -0.3 is 31.4 Å². The molecule has 0 amide bonds. The minimum Gasteiger partial charge on any atom is -0.459 e. The highest BCUT2D eigenvalue weighted by atomic mass is 16.4. The Bertz CT molecular complexity index is 2340. The molecule has 10 aromatic rings. The Hall–Kier alpha value is -5.82. The first kappa shape index (κ1) is 21.1. The summed E-state index contributed by atoms with van der Waals surface area (Å²) in [4.78, 5) is 0. The summed E-state index contributed by atoms with van der Waals surface area (Å²) >= 11 is 0. The molecule has 7 aromatic heterocycles. The molecule has 41 heavy (non-hydrogen) atoms. The van der Waals surface area contributed by atoms with E-state index in [4.69, 9.17) is 17.7 Å². The Morgan fingerprint density at radius 2 is 0.732 bits per heavy atom. The molecular formula is C34H19N3O4. The van der Waals surface area contributed by atoms with E-state index in [0.29, 0.717) is 0 Å². The van der Waals surface area contributed by atoms with Gasteiger partial charge in [0.2, 0.25) is 0 Å². The van der Waals surface area contributed by atoms with Gasteiger partial charge in [0.1, 0.15) is 0 Å². The molecule has 0 bridgehead atoms. The van der Waals surface area contributed by atoms with E-state index < -0.39 is 0 Å². The number of rotatable bonds is 3. The average molecular weight is 534 g/mol. The van der Waals surface area contributed by atoms with Crippen molar-refractivity contribution in [2.75, 3.05) is 0 Å². The fourth-order valence-electron chi connectivity index (χ4n) is 6.54. The van der Waals surface area contributed by atoms with Crippen LogP contribution in [0.4, 0.5) is 0 Å². The standard InChI is InChI=1S/C34H19N3O4/c1-2-4-20(5-3-1)35-25-8-6-21(36-27-10-14-38-31(27)32-28(36)11-15-39-32)18-23(25)24-19-22(7-9-26(24)35)37-29-12-16-40-33(29)34-30(37)13-17-41-34/h1-19H. The van der Waals surface area contributed by atoms with Gasteiger partial charge in [-0.3, -0.25) is 0 Å². The Morgan fingerprint density at radius 1 is 0.341 bits per heavy atom. The van der Waals surface area contributed by atoms with Gasteiger partial charge in [-0.1, -0.05) is 18.2 Å². The Morgan fingerprint density at radius 3 is 1.15 bits per heavy atom. The van der Waals surface area contributed by atoms with Gasteiger partial charge in [0, 0.05) is 52.1 Å². The van der Waals surface area contributed by atoms with E-state index in [9.17, 15) is 0 Å². The zero-order valence-corrected chi connectivity index (χ0v) is 21.4. The minimum absolute atomic E-state index is 0.750. The number of hydrogen-bond acceptors (Lipinski definition) is 4. The van der Waals surface area contributed by atoms with Crippen LogP contribution in [0, 0.1) is 0 Å². The molecule has 0 N–H and O–H groups in total. The Labute approximate surface area is 230 Å². The highest BCUT2D eigenvalue weighted by molar-refractivity contribution is 6.12. The molecule has 0 fully saturated rings. The van der Waals surface area contributed by atoms with E-state index in [2.05, 4.69) is 74.4 Å². The van der Waals surface area contributed by atoms with Crippen LogP contribution in [-0.2, 0) is 0 Å². The third kappa shape index (κ3) is 2.62. The maximum absolute atomic E-state index is 5.79. The van der Waals surface area contributed by atoms with Crippen LogP contribution in [0.15, 0.2) is 134 Å². The smallest absolute Gasteiger partial charge is 0.195 e. The zero-order chi connectivity index (χ0) is 26.7. The van der Waals surface area contributed by atoms with E-state index >= 15 is 0 Å². The van der Waals surface area contributed by atoms with Crippen molar-refractivity contribution in [2.45, 2.75) is 0 Å². The van der Waals surface area contributed by atoms with Crippen LogP contribution in [0.2, 0.25) is 0 Å². The molecule has 10 rings (SSSR count). The number of benzene rings is 3. The van der Waals surface area contributed by atoms with Gasteiger partial charge in [-0.25, -0.2) is 0 Å². The van der Waals surface area contributed by atoms with Crippen molar-refractivity contribution in [1.29, 1.82) is 0 Å². The molecular weight excluding hydrogens is 514 g/mol. The van der Waals surface area contributed by atoms with Crippen LogP contribution >= 0.6 is 0 Å². The molecule has 0 aliphatic rings. The summed E-state index contributed by atoms with van der Waals surface area (Å²) in [5.41, 5.74) is 12.3. The second-order valence-corrected chi connectivity index (χ2v) is 10.3. The minimum atomic E-state index is 0.750. The van der Waals surface area contributed by atoms with Gasteiger partial charge in [0.25, 0.3) is 0 Å². The second-order valence-electron chi connectivity index (χ2n) is 10.3. The fraction of sp³-hybridized carbons (Fsp3) is 0. The fourth-order valence-corrected chi connectivity index (χ4v) is 6.54. The van der Waals surface area contributed by atoms with Crippen LogP contribution < -0.4 is 0 Å². The van der Waals surface area contributed by atoms with E-state index in [1.54, 1.807) is 25.1 Å². The summed E-state index contributed by atoms with van der Waals surface area (Å²) in [5.74, 6) is 0. The Kier molecular flexibility index (Phi) is 3.81. The molecule has 7 nitrogen and oxygen atoms in total. The molecule has 0 atom stereocenters. The second kappa shape index (κ2) is 7.43. The molecule has 3 aromatic carbocycles. The van der Waals surface area contributed by atoms with Crippen LogP contribution in [0.5, 0.6) is 0 Å². The summed E-state index contributed by atoms with van der Waals surface area (Å²) in [6.45, 7) is 0. The highest BCUT2D eigenvalue weighted by Gasteiger charge is 2.21. The van der Waals surface area contributed by atoms with Crippen LogP contribution in [0.3, 0.4) is 0 Å². The molecule has 0 aliphatic carbocycles. The lowest BCUT2D eigenvalue weighted by molar-refractivity contribution is 0.583. The van der Waals surface area contributed by atoms with Crippen molar-refractivity contribution < 1.29 is 17.7 Å². The van der Waals surface area contributed by atoms with Gasteiger partial charge in [0.05, 0.1) is 58.2 Å². The molecule has 194 valence electrons. The van der Waals surface area contributed by atoms with E-state index in [1.165, 1.54) is 0 Å². The van der Waals surface area contributed by atoms with Crippen LogP contribution in [0.1, 0.15) is 0 Å². The summed E-state index contributed by atoms with van der Waals surface area (Å²) in [6, 6.07) is 31.7. The van der Waals surface area contributed by atoms with Crippen molar-refractivity contribution in [3.05, 3.63) is 116 Å². The zero-order valence-electron chi connectivity index (χ0n) is 21.4. The maximum atomic E-state index is 5.79. The molecule has 0 saturated heterocycles. The largest absolute Gasteiger partial charge is 0.459 e. The third-order valence-corrected chi connectivity index (χ3v) is 8.22. The summed E-state index contributed by atoms with van der Waals surface area (Å²) in [7, 11) is 0. The predicted molar refractivity (Wildman–Crippen MR) is 159 cm³/mol. The lowest BCUT2D eigenvalue weighted by Crippen LogP contribution is -1.95. The van der Waals surface area contributed by atoms with Crippen molar-refractivity contribution in [2.24, 2.45) is 0 Å².